The minimum atomic E-state index is -5.60. The van der Waals surface area contributed by atoms with Gasteiger partial charge < -0.3 is 25.7 Å². The van der Waals surface area contributed by atoms with E-state index in [0.29, 0.717) is 22.5 Å². The Morgan fingerprint density at radius 3 is 2.15 bits per heavy atom. The van der Waals surface area contributed by atoms with Gasteiger partial charge in [-0.2, -0.15) is 22.0 Å². The lowest BCUT2D eigenvalue weighted by molar-refractivity contribution is -0.284. The van der Waals surface area contributed by atoms with Crippen LogP contribution in [0.25, 0.3) is 6.08 Å². The third-order valence-corrected chi connectivity index (χ3v) is 5.45. The Labute approximate surface area is 226 Å². The molecule has 0 amide bonds. The molecule has 0 aliphatic heterocycles. The molecule has 3 rings (SSSR count). The Bertz CT molecular complexity index is 1340. The van der Waals surface area contributed by atoms with Crippen molar-refractivity contribution in [1.82, 2.24) is 0 Å². The molecule has 0 aliphatic rings. The summed E-state index contributed by atoms with van der Waals surface area (Å²) in [4.78, 5) is 24.4. The van der Waals surface area contributed by atoms with E-state index in [1.54, 1.807) is 30.3 Å². The number of hydrogen-bond donors (Lipinski definition) is 2. The summed E-state index contributed by atoms with van der Waals surface area (Å²) < 4.78 is 78.0. The van der Waals surface area contributed by atoms with Crippen molar-refractivity contribution in [3.8, 4) is 11.5 Å². The van der Waals surface area contributed by atoms with E-state index in [1.807, 2.05) is 0 Å². The van der Waals surface area contributed by atoms with Gasteiger partial charge in [0.05, 0.1) is 12.2 Å². The van der Waals surface area contributed by atoms with Crippen molar-refractivity contribution in [3.05, 3.63) is 89.5 Å². The normalized spacial score (nSPS) is 11.8. The fourth-order valence-corrected chi connectivity index (χ4v) is 3.24. The summed E-state index contributed by atoms with van der Waals surface area (Å²) in [6.45, 7) is -0.395. The van der Waals surface area contributed by atoms with Gasteiger partial charge in [-0.25, -0.2) is 9.59 Å². The maximum absolute atomic E-state index is 12.9. The molecule has 0 saturated carbocycles. The Hall–Kier alpha value is -4.61. The molecule has 0 heterocycles. The minimum Gasteiger partial charge on any atom is -0.494 e. The van der Waals surface area contributed by atoms with Crippen molar-refractivity contribution in [2.24, 2.45) is 0 Å². The Morgan fingerprint density at radius 2 is 1.50 bits per heavy atom. The standard InChI is InChI=1S/C28H25F5N2O5/c29-27(30,28(31,32)33)14-1-15-38-22-10-5-19(6-11-22)26(37)40-23-8-2-18(3-9-23)4-13-25(36)39-17-20-16-21(34)7-12-24(20)35/h2-13,16H,1,14-15,17,34-35H2. The highest BCUT2D eigenvalue weighted by atomic mass is 19.4. The van der Waals surface area contributed by atoms with E-state index in [0.717, 1.165) is 0 Å². The van der Waals surface area contributed by atoms with Crippen molar-refractivity contribution in [3.63, 3.8) is 0 Å². The van der Waals surface area contributed by atoms with Gasteiger partial charge in [-0.15, -0.1) is 0 Å². The predicted molar refractivity (Wildman–Crippen MR) is 138 cm³/mol. The van der Waals surface area contributed by atoms with Crippen LogP contribution < -0.4 is 20.9 Å². The average Bonchev–Trinajstić information content (AvgIpc) is 2.91. The number of esters is 2. The molecule has 0 atom stereocenters. The molecule has 0 saturated heterocycles. The summed E-state index contributed by atoms with van der Waals surface area (Å²) in [5.41, 5.74) is 13.8. The van der Waals surface area contributed by atoms with Crippen LogP contribution in [0, 0.1) is 0 Å². The maximum Gasteiger partial charge on any atom is 0.453 e. The first-order valence-electron chi connectivity index (χ1n) is 11.8. The lowest BCUT2D eigenvalue weighted by Gasteiger charge is -2.19. The van der Waals surface area contributed by atoms with Gasteiger partial charge in [-0.3, -0.25) is 0 Å². The van der Waals surface area contributed by atoms with E-state index in [9.17, 15) is 31.5 Å². The van der Waals surface area contributed by atoms with Gasteiger partial charge in [0.1, 0.15) is 18.1 Å². The molecule has 0 unspecified atom stereocenters. The van der Waals surface area contributed by atoms with Crippen LogP contribution in [0.5, 0.6) is 11.5 Å². The summed E-state index contributed by atoms with van der Waals surface area (Å²) in [6, 6.07) is 16.6. The average molecular weight is 565 g/mol. The molecule has 40 heavy (non-hydrogen) atoms. The zero-order valence-electron chi connectivity index (χ0n) is 20.9. The van der Waals surface area contributed by atoms with Gasteiger partial charge in [0.2, 0.25) is 0 Å². The first kappa shape index (κ1) is 29.9. The molecule has 3 aromatic carbocycles. The topological polar surface area (TPSA) is 114 Å². The van der Waals surface area contributed by atoms with E-state index in [1.165, 1.54) is 48.6 Å². The summed E-state index contributed by atoms with van der Waals surface area (Å²) >= 11 is 0. The van der Waals surface area contributed by atoms with Gasteiger partial charge in [0.15, 0.2) is 0 Å². The molecule has 3 aromatic rings. The largest absolute Gasteiger partial charge is 0.494 e. The zero-order valence-corrected chi connectivity index (χ0v) is 20.9. The summed E-state index contributed by atoms with van der Waals surface area (Å²) in [5, 5.41) is 0. The smallest absolute Gasteiger partial charge is 0.453 e. The van der Waals surface area contributed by atoms with Crippen LogP contribution in [0.4, 0.5) is 33.3 Å². The molecule has 0 fully saturated rings. The lowest BCUT2D eigenvalue weighted by Crippen LogP contribution is -2.36. The summed E-state index contributed by atoms with van der Waals surface area (Å²) in [6.07, 6.45) is -4.76. The van der Waals surface area contributed by atoms with E-state index in [-0.39, 0.29) is 30.3 Å². The third-order valence-electron chi connectivity index (χ3n) is 5.45. The highest BCUT2D eigenvalue weighted by molar-refractivity contribution is 5.91. The van der Waals surface area contributed by atoms with Gasteiger partial charge in [-0.05, 0) is 72.7 Å². The Kier molecular flexibility index (Phi) is 9.70. The molecule has 4 N–H and O–H groups in total. The quantitative estimate of drug-likeness (QED) is 0.0714. The number of nitrogen functional groups attached to an aromatic ring is 2. The highest BCUT2D eigenvalue weighted by Crippen LogP contribution is 2.38. The minimum absolute atomic E-state index is 0.0388. The van der Waals surface area contributed by atoms with Crippen molar-refractivity contribution in [2.75, 3.05) is 18.1 Å². The Morgan fingerprint density at radius 1 is 0.850 bits per heavy atom. The van der Waals surface area contributed by atoms with Crippen molar-refractivity contribution in [1.29, 1.82) is 0 Å². The number of ether oxygens (including phenoxy) is 3. The predicted octanol–water partition coefficient (Wildman–Crippen LogP) is 6.18. The number of alkyl halides is 5. The molecule has 12 heteroatoms. The SMILES string of the molecule is Nc1ccc(N)c(COC(=O)C=Cc2ccc(OC(=O)c3ccc(OCCCC(F)(F)C(F)(F)F)cc3)cc2)c1. The zero-order chi connectivity index (χ0) is 29.3. The van der Waals surface area contributed by atoms with Crippen LogP contribution in [0.3, 0.4) is 0 Å². The maximum atomic E-state index is 12.9. The molecule has 7 nitrogen and oxygen atoms in total. The van der Waals surface area contributed by atoms with Crippen LogP contribution in [-0.4, -0.2) is 30.6 Å². The molecule has 0 radical (unpaired) electrons. The first-order chi connectivity index (χ1) is 18.8. The van der Waals surface area contributed by atoms with Gasteiger partial charge in [0.25, 0.3) is 0 Å². The lowest BCUT2D eigenvalue weighted by atomic mass is 10.2. The number of rotatable bonds is 11. The second-order valence-corrected chi connectivity index (χ2v) is 8.54. The fraction of sp³-hybridized carbons (Fsp3) is 0.214. The molecule has 0 bridgehead atoms. The van der Waals surface area contributed by atoms with Gasteiger partial charge in [0, 0.05) is 29.4 Å². The highest BCUT2D eigenvalue weighted by Gasteiger charge is 2.56. The van der Waals surface area contributed by atoms with Crippen molar-refractivity contribution in [2.45, 2.75) is 31.5 Å². The first-order valence-corrected chi connectivity index (χ1v) is 11.8. The number of carbonyl (C=O) groups excluding carboxylic acids is 2. The number of benzene rings is 3. The number of nitrogens with two attached hydrogens (primary N) is 2. The summed E-state index contributed by atoms with van der Waals surface area (Å²) in [7, 11) is 0. The Balaban J connectivity index is 1.44. The summed E-state index contributed by atoms with van der Waals surface area (Å²) in [5.74, 6) is -5.64. The molecule has 212 valence electrons. The molecule has 0 spiro atoms. The molecular weight excluding hydrogens is 539 g/mol. The van der Waals surface area contributed by atoms with Crippen LogP contribution in [0.15, 0.2) is 72.8 Å². The van der Waals surface area contributed by atoms with Crippen molar-refractivity contribution >= 4 is 29.4 Å². The molecule has 0 aromatic heterocycles. The van der Waals surface area contributed by atoms with Crippen LogP contribution in [-0.2, 0) is 16.1 Å². The fourth-order valence-electron chi connectivity index (χ4n) is 3.24. The second-order valence-electron chi connectivity index (χ2n) is 8.54. The van der Waals surface area contributed by atoms with Crippen LogP contribution in [0.2, 0.25) is 0 Å². The van der Waals surface area contributed by atoms with E-state index in [2.05, 4.69) is 0 Å². The van der Waals surface area contributed by atoms with Crippen LogP contribution in [0.1, 0.15) is 34.3 Å². The second kappa shape index (κ2) is 13.0. The number of carbonyl (C=O) groups is 2. The molecular formula is C28H25F5N2O5. The van der Waals surface area contributed by atoms with E-state index < -0.39 is 36.9 Å². The van der Waals surface area contributed by atoms with E-state index >= 15 is 0 Å². The van der Waals surface area contributed by atoms with Gasteiger partial charge in [-0.1, -0.05) is 12.1 Å². The van der Waals surface area contributed by atoms with E-state index in [4.69, 9.17) is 25.7 Å². The van der Waals surface area contributed by atoms with Gasteiger partial charge >= 0.3 is 24.0 Å². The monoisotopic (exact) mass is 564 g/mol. The van der Waals surface area contributed by atoms with Crippen LogP contribution >= 0.6 is 0 Å². The number of halogens is 5. The third kappa shape index (κ3) is 8.72. The number of anilines is 2. The molecule has 0 aliphatic carbocycles. The number of hydrogen-bond acceptors (Lipinski definition) is 7. The van der Waals surface area contributed by atoms with Crippen molar-refractivity contribution < 1.29 is 45.8 Å².